The van der Waals surface area contributed by atoms with Crippen molar-refractivity contribution in [2.45, 2.75) is 0 Å². The summed E-state index contributed by atoms with van der Waals surface area (Å²) >= 11 is 16.4. The molecule has 0 amide bonds. The molecule has 0 spiro atoms. The number of rotatable bonds is 3. The Kier molecular flexibility index (Phi) is 4.95. The summed E-state index contributed by atoms with van der Waals surface area (Å²) in [6.07, 6.45) is 3.37. The molecular weight excluding hydrogens is 273 g/mol. The third-order valence-electron chi connectivity index (χ3n) is 1.51. The topological polar surface area (TPSA) is 17.1 Å². The summed E-state index contributed by atoms with van der Waals surface area (Å²) in [5.74, 6) is -2.11. The first-order valence-electron chi connectivity index (χ1n) is 4.08. The van der Waals surface area contributed by atoms with E-state index in [4.69, 9.17) is 34.1 Å². The fourth-order valence-electron chi connectivity index (χ4n) is 0.927. The van der Waals surface area contributed by atoms with Crippen molar-refractivity contribution in [2.75, 3.05) is 0 Å². The predicted octanol–water partition coefficient (Wildman–Crippen LogP) is 5.45. The zero-order chi connectivity index (χ0) is 11.3. The van der Waals surface area contributed by atoms with Gasteiger partial charge in [0.25, 0.3) is 5.85 Å². The van der Waals surface area contributed by atoms with E-state index in [1.165, 1.54) is 0 Å². The van der Waals surface area contributed by atoms with Crippen molar-refractivity contribution in [1.82, 2.24) is 0 Å². The van der Waals surface area contributed by atoms with Crippen LogP contribution in [-0.2, 0) is 4.57 Å². The molecule has 15 heavy (non-hydrogen) atoms. The molecular formula is C10H8Cl3OP. The van der Waals surface area contributed by atoms with Gasteiger partial charge in [-0.15, -0.1) is 0 Å². The Morgan fingerprint density at radius 2 is 1.80 bits per heavy atom. The molecule has 0 fully saturated rings. The second-order valence-electron chi connectivity index (χ2n) is 2.76. The van der Waals surface area contributed by atoms with Crippen LogP contribution in [0.25, 0.3) is 6.08 Å². The lowest BCUT2D eigenvalue weighted by molar-refractivity contribution is 0.597. The summed E-state index contributed by atoms with van der Waals surface area (Å²) < 4.78 is 11.0. The number of hydrogen-bond donors (Lipinski definition) is 0. The maximum Gasteiger partial charge on any atom is 0.276 e. The summed E-state index contributed by atoms with van der Waals surface area (Å²) in [6, 6.07) is 9.57. The van der Waals surface area contributed by atoms with Crippen LogP contribution < -0.4 is 0 Å². The molecule has 1 aromatic carbocycles. The van der Waals surface area contributed by atoms with E-state index in [9.17, 15) is 4.57 Å². The lowest BCUT2D eigenvalue weighted by Gasteiger charge is -1.93. The first kappa shape index (κ1) is 12.9. The molecule has 0 heterocycles. The normalized spacial score (nSPS) is 13.4. The van der Waals surface area contributed by atoms with Crippen molar-refractivity contribution < 1.29 is 4.57 Å². The van der Waals surface area contributed by atoms with Crippen LogP contribution in [0.5, 0.6) is 0 Å². The Hall–Kier alpha value is -0.200. The Bertz CT molecular complexity index is 420. The van der Waals surface area contributed by atoms with Gasteiger partial charge in [0.15, 0.2) is 0 Å². The highest BCUT2D eigenvalue weighted by molar-refractivity contribution is 8.10. The van der Waals surface area contributed by atoms with E-state index in [2.05, 4.69) is 0 Å². The smallest absolute Gasteiger partial charge is 0.276 e. The average molecular weight is 282 g/mol. The standard InChI is InChI=1S/C10H8Cl3OP/c11-10(8-15(12,13)14)7-6-9-4-2-1-3-5-9/h1-8H/b7-6+,10-8-. The monoisotopic (exact) mass is 280 g/mol. The van der Waals surface area contributed by atoms with Gasteiger partial charge in [0.1, 0.15) is 0 Å². The summed E-state index contributed by atoms with van der Waals surface area (Å²) in [6.45, 7) is 0. The second kappa shape index (κ2) is 5.77. The van der Waals surface area contributed by atoms with E-state index in [0.29, 0.717) is 0 Å². The summed E-state index contributed by atoms with van der Waals surface area (Å²) in [7, 11) is 0. The van der Waals surface area contributed by atoms with Crippen molar-refractivity contribution >= 4 is 46.0 Å². The molecule has 80 valence electrons. The summed E-state index contributed by atoms with van der Waals surface area (Å²) in [5, 5.41) is 0.257. The van der Waals surface area contributed by atoms with Gasteiger partial charge in [-0.25, -0.2) is 0 Å². The van der Waals surface area contributed by atoms with Gasteiger partial charge in [0.05, 0.1) is 0 Å². The van der Waals surface area contributed by atoms with E-state index in [-0.39, 0.29) is 5.03 Å². The van der Waals surface area contributed by atoms with Crippen LogP contribution in [0.1, 0.15) is 5.56 Å². The minimum atomic E-state index is -3.24. The molecule has 1 aromatic rings. The van der Waals surface area contributed by atoms with Crippen molar-refractivity contribution in [3.8, 4) is 0 Å². The molecule has 0 radical (unpaired) electrons. The van der Waals surface area contributed by atoms with E-state index in [0.717, 1.165) is 11.4 Å². The maximum atomic E-state index is 11.0. The molecule has 0 unspecified atom stereocenters. The number of allylic oxidation sites excluding steroid dienone is 2. The molecule has 1 rings (SSSR count). The molecule has 0 aromatic heterocycles. The fraction of sp³-hybridized carbons (Fsp3) is 0. The van der Waals surface area contributed by atoms with Crippen LogP contribution >= 0.6 is 39.9 Å². The van der Waals surface area contributed by atoms with E-state index < -0.39 is 5.85 Å². The quantitative estimate of drug-likeness (QED) is 0.532. The second-order valence-corrected chi connectivity index (χ2v) is 7.99. The average Bonchev–Trinajstić information content (AvgIpc) is 2.14. The highest BCUT2D eigenvalue weighted by Gasteiger charge is 2.08. The van der Waals surface area contributed by atoms with Gasteiger partial charge in [-0.05, 0) is 34.1 Å². The third-order valence-corrected chi connectivity index (χ3v) is 3.06. The Balaban J connectivity index is 2.75. The minimum absolute atomic E-state index is 0.257. The molecule has 0 aliphatic carbocycles. The van der Waals surface area contributed by atoms with Gasteiger partial charge in [0.2, 0.25) is 0 Å². The Morgan fingerprint density at radius 3 is 2.33 bits per heavy atom. The molecule has 0 saturated heterocycles. The summed E-state index contributed by atoms with van der Waals surface area (Å²) in [5.41, 5.74) is 0.989. The number of benzene rings is 1. The van der Waals surface area contributed by atoms with Crippen molar-refractivity contribution in [1.29, 1.82) is 0 Å². The first-order chi connectivity index (χ1) is 6.97. The molecule has 0 atom stereocenters. The Labute approximate surface area is 103 Å². The molecule has 0 aliphatic rings. The largest absolute Gasteiger partial charge is 0.285 e. The van der Waals surface area contributed by atoms with Crippen LogP contribution in [0.4, 0.5) is 0 Å². The Morgan fingerprint density at radius 1 is 1.20 bits per heavy atom. The zero-order valence-electron chi connectivity index (χ0n) is 7.61. The molecule has 5 heteroatoms. The molecule has 0 bridgehead atoms. The highest BCUT2D eigenvalue weighted by Crippen LogP contribution is 2.59. The number of halogens is 3. The van der Waals surface area contributed by atoms with Crippen LogP contribution in [0.15, 0.2) is 47.3 Å². The van der Waals surface area contributed by atoms with E-state index in [1.54, 1.807) is 12.2 Å². The molecule has 0 saturated carbocycles. The van der Waals surface area contributed by atoms with Crippen LogP contribution in [-0.4, -0.2) is 0 Å². The van der Waals surface area contributed by atoms with Gasteiger partial charge >= 0.3 is 0 Å². The van der Waals surface area contributed by atoms with Crippen molar-refractivity contribution in [2.24, 2.45) is 0 Å². The van der Waals surface area contributed by atoms with Crippen molar-refractivity contribution in [3.05, 3.63) is 52.8 Å². The lowest BCUT2D eigenvalue weighted by Crippen LogP contribution is -1.68. The highest BCUT2D eigenvalue weighted by atomic mass is 35.9. The molecule has 0 N–H and O–H groups in total. The molecule has 1 nitrogen and oxygen atoms in total. The van der Waals surface area contributed by atoms with Gasteiger partial charge in [-0.3, -0.25) is 4.57 Å². The molecule has 0 aliphatic heterocycles. The van der Waals surface area contributed by atoms with Crippen LogP contribution in [0.3, 0.4) is 0 Å². The van der Waals surface area contributed by atoms with E-state index in [1.807, 2.05) is 30.3 Å². The predicted molar refractivity (Wildman–Crippen MR) is 68.7 cm³/mol. The lowest BCUT2D eigenvalue weighted by atomic mass is 10.2. The maximum absolute atomic E-state index is 11.0. The van der Waals surface area contributed by atoms with Crippen LogP contribution in [0.2, 0.25) is 0 Å². The van der Waals surface area contributed by atoms with Crippen molar-refractivity contribution in [3.63, 3.8) is 0 Å². The first-order valence-corrected chi connectivity index (χ1v) is 8.04. The SMILES string of the molecule is O=P(Cl)(Cl)/C=C(Cl)/C=C/c1ccccc1. The third kappa shape index (κ3) is 6.06. The summed E-state index contributed by atoms with van der Waals surface area (Å²) in [4.78, 5) is 0. The fourth-order valence-corrected chi connectivity index (χ4v) is 2.71. The van der Waals surface area contributed by atoms with E-state index >= 15 is 0 Å². The van der Waals surface area contributed by atoms with Gasteiger partial charge in [0, 0.05) is 10.8 Å². The minimum Gasteiger partial charge on any atom is -0.285 e. The van der Waals surface area contributed by atoms with Gasteiger partial charge < -0.3 is 0 Å². The van der Waals surface area contributed by atoms with Gasteiger partial charge in [-0.2, -0.15) is 0 Å². The zero-order valence-corrected chi connectivity index (χ0v) is 10.8. The van der Waals surface area contributed by atoms with Gasteiger partial charge in [-0.1, -0.05) is 48.0 Å². The number of hydrogen-bond acceptors (Lipinski definition) is 1. The van der Waals surface area contributed by atoms with Crippen LogP contribution in [0, 0.1) is 0 Å².